The van der Waals surface area contributed by atoms with Gasteiger partial charge >= 0.3 is 0 Å². The first-order chi connectivity index (χ1) is 7.31. The van der Waals surface area contributed by atoms with E-state index in [1.54, 1.807) is 12.1 Å². The van der Waals surface area contributed by atoms with Gasteiger partial charge in [-0.3, -0.25) is 0 Å². The maximum absolute atomic E-state index is 11.3. The molecule has 2 rings (SSSR count). The van der Waals surface area contributed by atoms with Crippen LogP contribution in [-0.2, 0) is 9.84 Å². The van der Waals surface area contributed by atoms with Crippen molar-refractivity contribution in [2.24, 2.45) is 5.41 Å². The van der Waals surface area contributed by atoms with Crippen LogP contribution in [0.1, 0.15) is 25.5 Å². The fourth-order valence-corrected chi connectivity index (χ4v) is 2.72. The quantitative estimate of drug-likeness (QED) is 0.855. The molecule has 88 valence electrons. The lowest BCUT2D eigenvalue weighted by Gasteiger charge is -2.46. The minimum absolute atomic E-state index is 0.257. The average molecular weight is 239 g/mol. The van der Waals surface area contributed by atoms with Crippen LogP contribution in [0.25, 0.3) is 0 Å². The van der Waals surface area contributed by atoms with Crippen molar-refractivity contribution in [3.63, 3.8) is 0 Å². The Balaban J connectivity index is 2.27. The molecule has 16 heavy (non-hydrogen) atoms. The molecule has 1 aliphatic heterocycles. The summed E-state index contributed by atoms with van der Waals surface area (Å²) in [5.41, 5.74) is 1.41. The monoisotopic (exact) mass is 239 g/mol. The molecule has 1 unspecified atom stereocenters. The maximum atomic E-state index is 11.3. The molecule has 1 aromatic carbocycles. The van der Waals surface area contributed by atoms with Crippen molar-refractivity contribution in [2.45, 2.75) is 24.8 Å². The molecule has 0 bridgehead atoms. The fraction of sp³-hybridized carbons (Fsp3) is 0.500. The largest absolute Gasteiger partial charge is 0.309 e. The summed E-state index contributed by atoms with van der Waals surface area (Å²) in [4.78, 5) is 0.383. The van der Waals surface area contributed by atoms with Crippen LogP contribution < -0.4 is 5.32 Å². The van der Waals surface area contributed by atoms with Crippen molar-refractivity contribution in [3.8, 4) is 0 Å². The van der Waals surface area contributed by atoms with E-state index in [-0.39, 0.29) is 5.41 Å². The number of nitrogens with one attached hydrogen (secondary N) is 1. The normalized spacial score (nSPS) is 23.8. The molecule has 0 radical (unpaired) electrons. The molecule has 0 aliphatic carbocycles. The van der Waals surface area contributed by atoms with Gasteiger partial charge < -0.3 is 5.32 Å². The zero-order chi connectivity index (χ0) is 12.0. The van der Waals surface area contributed by atoms with Crippen LogP contribution in [0, 0.1) is 5.41 Å². The van der Waals surface area contributed by atoms with Crippen molar-refractivity contribution >= 4 is 9.84 Å². The standard InChI is InChI=1S/C12H17NO2S/c1-12(2)8-13-11(12)9-4-6-10(7-5-9)16(3,14)15/h4-7,11,13H,8H2,1-3H3. The molecular formula is C12H17NO2S. The summed E-state index contributed by atoms with van der Waals surface area (Å²) in [6.07, 6.45) is 1.23. The first kappa shape index (κ1) is 11.6. The van der Waals surface area contributed by atoms with Crippen LogP contribution in [0.4, 0.5) is 0 Å². The molecule has 1 aromatic rings. The van der Waals surface area contributed by atoms with Gasteiger partial charge in [-0.05, 0) is 23.1 Å². The predicted molar refractivity (Wildman–Crippen MR) is 64.1 cm³/mol. The third-order valence-corrected chi connectivity index (χ3v) is 4.31. The smallest absolute Gasteiger partial charge is 0.175 e. The van der Waals surface area contributed by atoms with Gasteiger partial charge in [0, 0.05) is 18.8 Å². The number of hydrogen-bond donors (Lipinski definition) is 1. The van der Waals surface area contributed by atoms with Crippen LogP contribution in [-0.4, -0.2) is 21.2 Å². The van der Waals surface area contributed by atoms with Crippen molar-refractivity contribution in [2.75, 3.05) is 12.8 Å². The van der Waals surface area contributed by atoms with E-state index in [1.807, 2.05) is 12.1 Å². The Morgan fingerprint density at radius 1 is 1.25 bits per heavy atom. The summed E-state index contributed by atoms with van der Waals surface area (Å²) in [6.45, 7) is 5.42. The van der Waals surface area contributed by atoms with E-state index < -0.39 is 9.84 Å². The first-order valence-electron chi connectivity index (χ1n) is 5.34. The van der Waals surface area contributed by atoms with Gasteiger partial charge in [0.05, 0.1) is 4.90 Å². The molecule has 1 atom stereocenters. The second kappa shape index (κ2) is 3.57. The Labute approximate surface area is 96.8 Å². The van der Waals surface area contributed by atoms with E-state index >= 15 is 0 Å². The zero-order valence-electron chi connectivity index (χ0n) is 9.82. The number of benzene rings is 1. The lowest BCUT2D eigenvalue weighted by atomic mass is 9.74. The van der Waals surface area contributed by atoms with Gasteiger partial charge in [-0.15, -0.1) is 0 Å². The molecular weight excluding hydrogens is 222 g/mol. The van der Waals surface area contributed by atoms with Crippen molar-refractivity contribution in [3.05, 3.63) is 29.8 Å². The van der Waals surface area contributed by atoms with E-state index in [0.717, 1.165) is 12.1 Å². The molecule has 3 nitrogen and oxygen atoms in total. The summed E-state index contributed by atoms with van der Waals surface area (Å²) in [5, 5.41) is 3.36. The maximum Gasteiger partial charge on any atom is 0.175 e. The summed E-state index contributed by atoms with van der Waals surface area (Å²) in [7, 11) is -3.08. The highest BCUT2D eigenvalue weighted by Crippen LogP contribution is 2.40. The van der Waals surface area contributed by atoms with E-state index in [1.165, 1.54) is 6.26 Å². The highest BCUT2D eigenvalue weighted by atomic mass is 32.2. The number of rotatable bonds is 2. The molecule has 1 aliphatic rings. The second-order valence-electron chi connectivity index (χ2n) is 5.14. The summed E-state index contributed by atoms with van der Waals surface area (Å²) in [6, 6.07) is 7.49. The third-order valence-electron chi connectivity index (χ3n) is 3.18. The van der Waals surface area contributed by atoms with Gasteiger partial charge in [-0.1, -0.05) is 26.0 Å². The topological polar surface area (TPSA) is 46.2 Å². The number of hydrogen-bond acceptors (Lipinski definition) is 3. The van der Waals surface area contributed by atoms with E-state index in [4.69, 9.17) is 0 Å². The minimum atomic E-state index is -3.08. The molecule has 0 amide bonds. The van der Waals surface area contributed by atoms with Gasteiger partial charge in [-0.25, -0.2) is 8.42 Å². The number of sulfone groups is 1. The van der Waals surface area contributed by atoms with Gasteiger partial charge in [-0.2, -0.15) is 0 Å². The summed E-state index contributed by atoms with van der Waals surface area (Å²) in [5.74, 6) is 0. The fourth-order valence-electron chi connectivity index (χ4n) is 2.09. The SMILES string of the molecule is CC1(C)CNC1c1ccc(S(C)(=O)=O)cc1. The lowest BCUT2D eigenvalue weighted by Crippen LogP contribution is -2.52. The minimum Gasteiger partial charge on any atom is -0.309 e. The van der Waals surface area contributed by atoms with Crippen LogP contribution in [0.3, 0.4) is 0 Å². The van der Waals surface area contributed by atoms with Crippen LogP contribution in [0.15, 0.2) is 29.2 Å². The summed E-state index contributed by atoms with van der Waals surface area (Å²) >= 11 is 0. The Hall–Kier alpha value is -0.870. The molecule has 1 saturated heterocycles. The predicted octanol–water partition coefficient (Wildman–Crippen LogP) is 1.76. The Morgan fingerprint density at radius 3 is 2.12 bits per heavy atom. The molecule has 4 heteroatoms. The molecule has 0 spiro atoms. The lowest BCUT2D eigenvalue weighted by molar-refractivity contribution is 0.128. The Bertz CT molecular complexity index is 488. The Kier molecular flexibility index (Phi) is 2.59. The highest BCUT2D eigenvalue weighted by molar-refractivity contribution is 7.90. The first-order valence-corrected chi connectivity index (χ1v) is 7.23. The van der Waals surface area contributed by atoms with Crippen molar-refractivity contribution < 1.29 is 8.42 Å². The molecule has 1 N–H and O–H groups in total. The highest BCUT2D eigenvalue weighted by Gasteiger charge is 2.38. The van der Waals surface area contributed by atoms with E-state index in [9.17, 15) is 8.42 Å². The second-order valence-corrected chi connectivity index (χ2v) is 7.16. The van der Waals surface area contributed by atoms with Gasteiger partial charge in [0.2, 0.25) is 0 Å². The Morgan fingerprint density at radius 2 is 1.81 bits per heavy atom. The summed E-state index contributed by atoms with van der Waals surface area (Å²) < 4.78 is 22.6. The van der Waals surface area contributed by atoms with E-state index in [0.29, 0.717) is 10.9 Å². The van der Waals surface area contributed by atoms with Crippen LogP contribution in [0.2, 0.25) is 0 Å². The van der Waals surface area contributed by atoms with Gasteiger partial charge in [0.25, 0.3) is 0 Å². The van der Waals surface area contributed by atoms with Crippen LogP contribution in [0.5, 0.6) is 0 Å². The van der Waals surface area contributed by atoms with Gasteiger partial charge in [0.1, 0.15) is 0 Å². The molecule has 0 aromatic heterocycles. The van der Waals surface area contributed by atoms with Crippen LogP contribution >= 0.6 is 0 Å². The van der Waals surface area contributed by atoms with Crippen molar-refractivity contribution in [1.82, 2.24) is 5.32 Å². The van der Waals surface area contributed by atoms with E-state index in [2.05, 4.69) is 19.2 Å². The van der Waals surface area contributed by atoms with Crippen molar-refractivity contribution in [1.29, 1.82) is 0 Å². The zero-order valence-corrected chi connectivity index (χ0v) is 10.6. The molecule has 0 saturated carbocycles. The van der Waals surface area contributed by atoms with Gasteiger partial charge in [0.15, 0.2) is 9.84 Å². The average Bonchev–Trinajstić information content (AvgIpc) is 2.16. The molecule has 1 fully saturated rings. The molecule has 1 heterocycles. The third kappa shape index (κ3) is 1.99.